The minimum absolute atomic E-state index is 0.394. The molecule has 10 saturated heterocycles. The van der Waals surface area contributed by atoms with Gasteiger partial charge in [-0.2, -0.15) is 0 Å². The second-order valence-corrected chi connectivity index (χ2v) is 34.2. The number of hydrogen-bond acceptors (Lipinski definition) is 2. The van der Waals surface area contributed by atoms with Gasteiger partial charge in [-0.25, -0.2) is 4.79 Å². The molecule has 10 rings (SSSR count). The van der Waals surface area contributed by atoms with Crippen LogP contribution in [0.1, 0.15) is 0 Å². The van der Waals surface area contributed by atoms with Crippen LogP contribution >= 0.6 is 0 Å². The molecule has 0 bridgehead atoms. The maximum absolute atomic E-state index is 9.84. The predicted molar refractivity (Wildman–Crippen MR) is 59.7 cm³/mol. The Bertz CT molecular complexity index is 731. The van der Waals surface area contributed by atoms with Crippen LogP contribution in [0, 0.1) is 0 Å². The standard InChI is InChI=1S/2C5H5.C4H6O2.Fe/c2*1-2-4-5-3-1;1-3-4(5)6-2;/h2*1-5H;3H,1H2,2H3;. The molecule has 10 heterocycles. The molecule has 0 N–H and O–H groups in total. The van der Waals surface area contributed by atoms with Crippen molar-refractivity contribution in [1.29, 1.82) is 0 Å². The molecule has 0 unspecified atom stereocenters. The molecule has 0 saturated carbocycles. The molecule has 92 valence electrons. The first-order valence-electron chi connectivity index (χ1n) is 6.89. The normalized spacial score (nSPS) is 113. The molecule has 2 nitrogen and oxygen atoms in total. The predicted octanol–water partition coefficient (Wildman–Crippen LogP) is 3.72. The van der Waals surface area contributed by atoms with Crippen molar-refractivity contribution in [2.24, 2.45) is 0 Å². The van der Waals surface area contributed by atoms with Gasteiger partial charge in [0.2, 0.25) is 0 Å². The van der Waals surface area contributed by atoms with E-state index in [4.69, 9.17) is 0 Å². The van der Waals surface area contributed by atoms with Crippen molar-refractivity contribution in [3.63, 3.8) is 0 Å². The van der Waals surface area contributed by atoms with Gasteiger partial charge in [-0.05, 0) is 0 Å². The number of carbonyl (C=O) groups excluding carboxylic acids is 1. The van der Waals surface area contributed by atoms with Gasteiger partial charge in [0.15, 0.2) is 0 Å². The topological polar surface area (TPSA) is 26.3 Å². The van der Waals surface area contributed by atoms with Gasteiger partial charge < -0.3 is 4.74 Å². The van der Waals surface area contributed by atoms with Crippen LogP contribution in [0.25, 0.3) is 0 Å². The first kappa shape index (κ1) is 6.77. The molecule has 0 aromatic heterocycles. The first-order chi connectivity index (χ1) is 7.97. The molecule has 0 radical (unpaired) electrons. The van der Waals surface area contributed by atoms with Gasteiger partial charge in [-0.15, -0.1) is 0 Å². The molecule has 10 aliphatic rings. The van der Waals surface area contributed by atoms with E-state index >= 15 is 0 Å². The Morgan fingerprint density at radius 1 is 0.941 bits per heavy atom. The number of fused-ring (bicyclic) bond motifs is 10. The summed E-state index contributed by atoms with van der Waals surface area (Å²) < 4.78 is 4.14. The van der Waals surface area contributed by atoms with Gasteiger partial charge in [0.1, 0.15) is 0 Å². The SMILES string of the molecule is C=CC(=O)OC.[CH]12[CH]3[CH]4[CH]5[CH]1[Fe]23451678[CH]2[CH]1[CH]6[CH]7[CH]28. The zero-order chi connectivity index (χ0) is 11.1. The van der Waals surface area contributed by atoms with Gasteiger partial charge >= 0.3 is 60.6 Å². The number of carbonyl (C=O) groups is 1. The zero-order valence-corrected chi connectivity index (χ0v) is 10.8. The van der Waals surface area contributed by atoms with E-state index in [2.05, 4.69) is 11.3 Å². The average Bonchev–Trinajstić information content (AvgIpc) is 3.31. The number of ether oxygens (including phenoxy) is 1. The molecule has 17 heavy (non-hydrogen) atoms. The third kappa shape index (κ3) is 0.0714. The molecule has 10 aliphatic heterocycles. The Morgan fingerprint density at radius 3 is 1.24 bits per heavy atom. The van der Waals surface area contributed by atoms with E-state index in [1.807, 2.05) is 0 Å². The molecule has 10 fully saturated rings. The van der Waals surface area contributed by atoms with Crippen LogP contribution in [0.5, 0.6) is 0 Å². The second kappa shape index (κ2) is 0.537. The summed E-state index contributed by atoms with van der Waals surface area (Å²) in [6, 6.07) is 0. The molecular formula is C14H16FeO2. The zero-order valence-electron chi connectivity index (χ0n) is 9.73. The fourth-order valence-electron chi connectivity index (χ4n) is 15.9. The van der Waals surface area contributed by atoms with E-state index in [0.717, 1.165) is 6.08 Å². The van der Waals surface area contributed by atoms with Crippen LogP contribution in [-0.2, 0) is 16.0 Å². The quantitative estimate of drug-likeness (QED) is 0.413. The van der Waals surface area contributed by atoms with Crippen LogP contribution in [0.2, 0.25) is 48.2 Å². The van der Waals surface area contributed by atoms with Crippen molar-refractivity contribution in [2.75, 3.05) is 7.11 Å². The van der Waals surface area contributed by atoms with Crippen molar-refractivity contribution in [3.05, 3.63) is 12.7 Å². The van der Waals surface area contributed by atoms with Crippen LogP contribution in [0.3, 0.4) is 0 Å². The average molecular weight is 272 g/mol. The monoisotopic (exact) mass is 272 g/mol. The minimum atomic E-state index is -2.28. The van der Waals surface area contributed by atoms with Gasteiger partial charge in [-0.1, -0.05) is 6.58 Å². The summed E-state index contributed by atoms with van der Waals surface area (Å²) in [6.45, 7) is 0.874. The number of rotatable bonds is 1. The van der Waals surface area contributed by atoms with Gasteiger partial charge in [0.25, 0.3) is 0 Å². The van der Waals surface area contributed by atoms with Crippen LogP contribution in [-0.4, -0.2) is 13.1 Å². The first-order valence-corrected chi connectivity index (χ1v) is 13.3. The van der Waals surface area contributed by atoms with E-state index < -0.39 is 12.5 Å². The summed E-state index contributed by atoms with van der Waals surface area (Å²) in [4.78, 5) is 25.8. The summed E-state index contributed by atoms with van der Waals surface area (Å²) in [5.74, 6) is -0.394. The van der Waals surface area contributed by atoms with Crippen molar-refractivity contribution in [3.8, 4) is 0 Å². The van der Waals surface area contributed by atoms with Gasteiger partial charge in [-0.3, -0.25) is 0 Å². The molecule has 0 atom stereocenters. The van der Waals surface area contributed by atoms with Crippen molar-refractivity contribution < 1.29 is 16.0 Å². The van der Waals surface area contributed by atoms with E-state index in [1.165, 1.54) is 7.11 Å². The maximum atomic E-state index is 9.84. The Labute approximate surface area is 90.1 Å². The Hall–Kier alpha value is -0.271. The number of hydrogen-bond donors (Lipinski definition) is 0. The summed E-state index contributed by atoms with van der Waals surface area (Å²) in [7, 11) is 1.31. The van der Waals surface area contributed by atoms with Crippen LogP contribution in [0.4, 0.5) is 0 Å². The van der Waals surface area contributed by atoms with E-state index in [9.17, 15) is 4.79 Å². The fourth-order valence-corrected chi connectivity index (χ4v) is 88.1. The summed E-state index contributed by atoms with van der Waals surface area (Å²) >= 11 is 0. The van der Waals surface area contributed by atoms with Crippen LogP contribution in [0.15, 0.2) is 12.7 Å². The molecule has 0 amide bonds. The molecule has 0 aromatic carbocycles. The third-order valence-electron chi connectivity index (χ3n) is 14.9. The van der Waals surface area contributed by atoms with Gasteiger partial charge in [0, 0.05) is 6.08 Å². The van der Waals surface area contributed by atoms with Crippen molar-refractivity contribution in [2.45, 2.75) is 48.2 Å². The van der Waals surface area contributed by atoms with Gasteiger partial charge in [0.05, 0.1) is 7.11 Å². The Balaban J connectivity index is 0.0000000947. The molecule has 1 spiro atoms. The van der Waals surface area contributed by atoms with Crippen molar-refractivity contribution >= 4 is 5.97 Å². The number of methoxy groups -OCH3 is 1. The van der Waals surface area contributed by atoms with Crippen LogP contribution < -0.4 is 0 Å². The number of esters is 1. The Kier molecular flexibility index (Phi) is 0.214. The molecule has 3 heteroatoms. The summed E-state index contributed by atoms with van der Waals surface area (Å²) in [5.41, 5.74) is 0. The summed E-state index contributed by atoms with van der Waals surface area (Å²) in [6.07, 6.45) is 1.11. The second-order valence-electron chi connectivity index (χ2n) is 10.3. The third-order valence-corrected chi connectivity index (χ3v) is 56.8. The van der Waals surface area contributed by atoms with Crippen molar-refractivity contribution in [1.82, 2.24) is 0 Å². The molecular weight excluding hydrogens is 256 g/mol. The Morgan fingerprint density at radius 2 is 1.24 bits per heavy atom. The molecule has 0 aliphatic carbocycles. The van der Waals surface area contributed by atoms with E-state index in [0.29, 0.717) is 0 Å². The fraction of sp³-hybridized carbons (Fsp3) is 0.786. The van der Waals surface area contributed by atoms with E-state index in [1.54, 1.807) is 48.2 Å². The van der Waals surface area contributed by atoms with E-state index in [-0.39, 0.29) is 0 Å². The summed E-state index contributed by atoms with van der Waals surface area (Å²) in [5, 5.41) is 0. The molecule has 0 aromatic rings.